The zero-order valence-electron chi connectivity index (χ0n) is 22.1. The normalized spacial score (nSPS) is 43.6. The smallest absolute Gasteiger partial charge is 0.0297 e. The topological polar surface area (TPSA) is 0 Å². The zero-order valence-corrected chi connectivity index (χ0v) is 22.1. The minimum atomic E-state index is 0.929. The molecule has 33 heavy (non-hydrogen) atoms. The van der Waals surface area contributed by atoms with Crippen molar-refractivity contribution in [2.75, 3.05) is 0 Å². The third kappa shape index (κ3) is 5.88. The van der Waals surface area contributed by atoms with E-state index in [1.807, 2.05) is 0 Å². The van der Waals surface area contributed by atoms with E-state index < -0.39 is 0 Å². The van der Waals surface area contributed by atoms with E-state index in [2.05, 4.69) is 0 Å². The summed E-state index contributed by atoms with van der Waals surface area (Å²) in [6.07, 6.45) is 39.1. The molecule has 11 saturated carbocycles. The predicted molar refractivity (Wildman–Crippen MR) is 141 cm³/mol. The average molecular weight is 453 g/mol. The van der Waals surface area contributed by atoms with Crippen LogP contribution in [0.15, 0.2) is 0 Å². The van der Waals surface area contributed by atoms with Crippen molar-refractivity contribution < 1.29 is 0 Å². The van der Waals surface area contributed by atoms with Crippen molar-refractivity contribution in [3.63, 3.8) is 0 Å². The van der Waals surface area contributed by atoms with Crippen molar-refractivity contribution in [3.05, 3.63) is 0 Å². The van der Waals surface area contributed by atoms with Gasteiger partial charge < -0.3 is 0 Å². The maximum absolute atomic E-state index is 1.60. The molecule has 0 nitrogen and oxygen atoms in total. The molecule has 0 unspecified atom stereocenters. The van der Waals surface area contributed by atoms with Crippen molar-refractivity contribution in [1.82, 2.24) is 0 Å². The maximum atomic E-state index is 1.60. The fraction of sp³-hybridized carbons (Fsp3) is 1.00. The Morgan fingerprint density at radius 1 is 0.273 bits per heavy atom. The van der Waals surface area contributed by atoms with Gasteiger partial charge in [0.1, 0.15) is 0 Å². The Morgan fingerprint density at radius 3 is 0.758 bits per heavy atom. The van der Waals surface area contributed by atoms with Gasteiger partial charge in [-0.1, -0.05) is 70.6 Å². The third-order valence-electron chi connectivity index (χ3n) is 12.6. The molecule has 11 aliphatic carbocycles. The van der Waals surface area contributed by atoms with Gasteiger partial charge in [0.2, 0.25) is 0 Å². The van der Waals surface area contributed by atoms with Gasteiger partial charge in [0.25, 0.3) is 0 Å². The molecule has 0 aliphatic heterocycles. The Hall–Kier alpha value is 0. The van der Waals surface area contributed by atoms with E-state index in [1.54, 1.807) is 128 Å². The predicted octanol–water partition coefficient (Wildman–Crippen LogP) is 10.5. The summed E-state index contributed by atoms with van der Waals surface area (Å²) >= 11 is 0. The molecule has 0 aromatic rings. The van der Waals surface area contributed by atoms with Crippen LogP contribution in [-0.4, -0.2) is 0 Å². The average Bonchev–Trinajstić information content (AvgIpc) is 3.52. The summed E-state index contributed by atoms with van der Waals surface area (Å²) in [5.41, 5.74) is 1.87. The SMILES string of the molecule is C1C2CC3CC1CC(C2)C3.C1CC2(C1)CCC2.C1CC2CCC1CC2.C1CCC2(CC1)CC2. The Labute approximate surface area is 206 Å². The first kappa shape index (κ1) is 23.4. The molecule has 6 bridgehead atoms. The number of fused-ring (bicyclic) bond motifs is 3. The second-order valence-corrected chi connectivity index (χ2v) is 15.1. The molecule has 0 heterocycles. The number of hydrogen-bond donors (Lipinski definition) is 0. The van der Waals surface area contributed by atoms with E-state index in [-0.39, 0.29) is 0 Å². The Bertz CT molecular complexity index is 507. The lowest BCUT2D eigenvalue weighted by Crippen LogP contribution is -2.38. The lowest BCUT2D eigenvalue weighted by Gasteiger charge is -2.49. The summed E-state index contributed by atoms with van der Waals surface area (Å²) in [6.45, 7) is 0. The molecule has 0 atom stereocenters. The van der Waals surface area contributed by atoms with Crippen LogP contribution in [0.1, 0.15) is 161 Å². The molecule has 2 spiro atoms. The Morgan fingerprint density at radius 2 is 0.576 bits per heavy atom. The largest absolute Gasteiger partial charge is 0.0533 e. The molecule has 11 aliphatic rings. The molecule has 0 amide bonds. The lowest BCUT2D eigenvalue weighted by atomic mass is 9.56. The number of hydrogen-bond acceptors (Lipinski definition) is 0. The van der Waals surface area contributed by atoms with Crippen molar-refractivity contribution >= 4 is 0 Å². The van der Waals surface area contributed by atoms with Crippen LogP contribution in [0.25, 0.3) is 0 Å². The molecule has 188 valence electrons. The molecule has 11 fully saturated rings. The third-order valence-corrected chi connectivity index (χ3v) is 12.6. The summed E-state index contributed by atoms with van der Waals surface area (Å²) in [6, 6.07) is 0. The van der Waals surface area contributed by atoms with E-state index in [4.69, 9.17) is 0 Å². The Balaban J connectivity index is 0.0000000841. The summed E-state index contributed by atoms with van der Waals surface area (Å²) in [7, 11) is 0. The van der Waals surface area contributed by atoms with Crippen molar-refractivity contribution in [3.8, 4) is 0 Å². The van der Waals surface area contributed by atoms with Gasteiger partial charge in [0.15, 0.2) is 0 Å². The van der Waals surface area contributed by atoms with Gasteiger partial charge >= 0.3 is 0 Å². The van der Waals surface area contributed by atoms with Crippen LogP contribution in [0.3, 0.4) is 0 Å². The van der Waals surface area contributed by atoms with Crippen LogP contribution in [0, 0.1) is 46.3 Å². The maximum Gasteiger partial charge on any atom is -0.0297 e. The fourth-order valence-electron chi connectivity index (χ4n) is 10.1. The van der Waals surface area contributed by atoms with Gasteiger partial charge in [0, 0.05) is 0 Å². The summed E-state index contributed by atoms with van der Waals surface area (Å²) in [4.78, 5) is 0. The first-order valence-electron chi connectivity index (χ1n) is 16.2. The van der Waals surface area contributed by atoms with Crippen molar-refractivity contribution in [1.29, 1.82) is 0 Å². The van der Waals surface area contributed by atoms with Gasteiger partial charge in [-0.3, -0.25) is 0 Å². The van der Waals surface area contributed by atoms with Crippen LogP contribution in [-0.2, 0) is 0 Å². The highest BCUT2D eigenvalue weighted by atomic mass is 14.5. The van der Waals surface area contributed by atoms with Crippen molar-refractivity contribution in [2.45, 2.75) is 161 Å². The summed E-state index contributed by atoms with van der Waals surface area (Å²) < 4.78 is 0. The summed E-state index contributed by atoms with van der Waals surface area (Å²) in [5, 5.41) is 0. The van der Waals surface area contributed by atoms with Gasteiger partial charge in [-0.05, 0) is 136 Å². The Kier molecular flexibility index (Phi) is 7.21. The molecule has 0 saturated heterocycles. The number of rotatable bonds is 0. The van der Waals surface area contributed by atoms with E-state index >= 15 is 0 Å². The molecule has 0 heteroatoms. The van der Waals surface area contributed by atoms with Gasteiger partial charge in [-0.2, -0.15) is 0 Å². The first-order valence-corrected chi connectivity index (χ1v) is 16.2. The molecule has 11 rings (SSSR count). The van der Waals surface area contributed by atoms with Crippen LogP contribution in [0.4, 0.5) is 0 Å². The van der Waals surface area contributed by atoms with Crippen LogP contribution < -0.4 is 0 Å². The lowest BCUT2D eigenvalue weighted by molar-refractivity contribution is 0.0198. The minimum absolute atomic E-state index is 0.929. The molecule has 0 aromatic carbocycles. The van der Waals surface area contributed by atoms with E-state index in [0.29, 0.717) is 0 Å². The second-order valence-electron chi connectivity index (χ2n) is 15.1. The van der Waals surface area contributed by atoms with E-state index in [1.165, 1.54) is 55.8 Å². The standard InChI is InChI=1S/C10H16.2C8H14.C7H12/c1-7-2-9-4-8(1)5-10(3-7)6-9;1-2-8-5-3-7(1)4-6-8;1-2-4-8(5-3-1)6-7-8;1-3-7(4-1)5-2-6-7/h7-10H,1-6H2;7-8H,1-6H2;1-7H2;1-6H2. The minimum Gasteiger partial charge on any atom is -0.0533 e. The molecular formula is C33H56. The molecule has 0 radical (unpaired) electrons. The molecule has 0 N–H and O–H groups in total. The highest BCUT2D eigenvalue weighted by Gasteiger charge is 2.43. The van der Waals surface area contributed by atoms with Crippen LogP contribution in [0.5, 0.6) is 0 Å². The van der Waals surface area contributed by atoms with Crippen LogP contribution >= 0.6 is 0 Å². The van der Waals surface area contributed by atoms with Crippen molar-refractivity contribution in [2.24, 2.45) is 46.3 Å². The van der Waals surface area contributed by atoms with E-state index in [9.17, 15) is 0 Å². The van der Waals surface area contributed by atoms with Gasteiger partial charge in [-0.25, -0.2) is 0 Å². The van der Waals surface area contributed by atoms with E-state index in [0.717, 1.165) is 22.7 Å². The monoisotopic (exact) mass is 452 g/mol. The highest BCUT2D eigenvalue weighted by Crippen LogP contribution is 2.56. The molecule has 0 aromatic heterocycles. The first-order chi connectivity index (χ1) is 16.2. The van der Waals surface area contributed by atoms with Crippen LogP contribution in [0.2, 0.25) is 0 Å². The zero-order chi connectivity index (χ0) is 22.1. The van der Waals surface area contributed by atoms with Gasteiger partial charge in [-0.15, -0.1) is 0 Å². The summed E-state index contributed by atoms with van der Waals surface area (Å²) in [5.74, 6) is 7.01. The van der Waals surface area contributed by atoms with Gasteiger partial charge in [0.05, 0.1) is 0 Å². The molecular weight excluding hydrogens is 396 g/mol. The quantitative estimate of drug-likeness (QED) is 0.343. The second kappa shape index (κ2) is 10.2. The highest BCUT2D eigenvalue weighted by molar-refractivity contribution is 4.95. The fourth-order valence-corrected chi connectivity index (χ4v) is 10.1.